The number of hydrogen-bond acceptors (Lipinski definition) is 6. The van der Waals surface area contributed by atoms with Crippen LogP contribution in [0.5, 0.6) is 0 Å². The molecule has 8 heteroatoms. The molecule has 0 fully saturated rings. The average Bonchev–Trinajstić information content (AvgIpc) is 3.16. The lowest BCUT2D eigenvalue weighted by Gasteiger charge is -2.04. The van der Waals surface area contributed by atoms with Crippen LogP contribution in [0.25, 0.3) is 0 Å². The molecule has 2 N–H and O–H groups in total. The van der Waals surface area contributed by atoms with E-state index < -0.39 is 0 Å². The number of aromatic nitrogens is 1. The van der Waals surface area contributed by atoms with Gasteiger partial charge >= 0.3 is 0 Å². The van der Waals surface area contributed by atoms with E-state index in [0.717, 1.165) is 31.7 Å². The lowest BCUT2D eigenvalue weighted by atomic mass is 10.2. The number of nitrogens with one attached hydrogen (secondary N) is 2. The van der Waals surface area contributed by atoms with Crippen LogP contribution in [0.4, 0.5) is 11.4 Å². The van der Waals surface area contributed by atoms with Crippen LogP contribution >= 0.6 is 35.1 Å². The molecule has 5 nitrogen and oxygen atoms in total. The van der Waals surface area contributed by atoms with E-state index in [4.69, 9.17) is 0 Å². The van der Waals surface area contributed by atoms with Gasteiger partial charge in [-0.15, -0.1) is 11.8 Å². The van der Waals surface area contributed by atoms with Crippen LogP contribution in [0.1, 0.15) is 11.1 Å². The highest BCUT2D eigenvalue weighted by atomic mass is 32.2. The summed E-state index contributed by atoms with van der Waals surface area (Å²) in [6.07, 6.45) is 0. The monoisotopic (exact) mass is 443 g/mol. The number of aryl methyl sites for hydroxylation is 2. The van der Waals surface area contributed by atoms with Crippen molar-refractivity contribution in [3.63, 3.8) is 0 Å². The highest BCUT2D eigenvalue weighted by Gasteiger charge is 2.09. The molecule has 2 aromatic carbocycles. The molecule has 0 unspecified atom stereocenters. The Kier molecular flexibility index (Phi) is 7.74. The summed E-state index contributed by atoms with van der Waals surface area (Å²) in [6, 6.07) is 17.3. The van der Waals surface area contributed by atoms with E-state index in [9.17, 15) is 9.59 Å². The molecule has 150 valence electrons. The van der Waals surface area contributed by atoms with Gasteiger partial charge < -0.3 is 10.6 Å². The van der Waals surface area contributed by atoms with Gasteiger partial charge in [0.1, 0.15) is 5.03 Å². The molecule has 0 aliphatic rings. The fourth-order valence-corrected chi connectivity index (χ4v) is 4.78. The standard InChI is InChI=1S/C21H21N3O2S3/c1-14-3-7-16(8-4-14)22-18(25)12-27-20-11-21(29-24-20)28-13-19(26)23-17-9-5-15(2)6-10-17/h3-11H,12-13H2,1-2H3,(H,22,25)(H,23,26). The third-order valence-corrected chi connectivity index (χ3v) is 6.83. The molecule has 0 saturated heterocycles. The highest BCUT2D eigenvalue weighted by molar-refractivity contribution is 8.02. The molecule has 3 rings (SSSR count). The van der Waals surface area contributed by atoms with Gasteiger partial charge in [-0.25, -0.2) is 0 Å². The predicted molar refractivity (Wildman–Crippen MR) is 123 cm³/mol. The van der Waals surface area contributed by atoms with Gasteiger partial charge in [0.05, 0.1) is 15.7 Å². The van der Waals surface area contributed by atoms with E-state index in [-0.39, 0.29) is 17.6 Å². The first kappa shape index (κ1) is 21.4. The van der Waals surface area contributed by atoms with E-state index in [1.807, 2.05) is 68.4 Å². The second-order valence-electron chi connectivity index (χ2n) is 6.39. The van der Waals surface area contributed by atoms with Crippen molar-refractivity contribution in [2.45, 2.75) is 23.1 Å². The molecule has 0 saturated carbocycles. The second-order valence-corrected chi connectivity index (χ2v) is 9.47. The first-order valence-electron chi connectivity index (χ1n) is 8.93. The Morgan fingerprint density at radius 3 is 1.83 bits per heavy atom. The Bertz CT molecular complexity index is 892. The zero-order chi connectivity index (χ0) is 20.6. The fourth-order valence-electron chi connectivity index (χ4n) is 2.32. The third kappa shape index (κ3) is 7.23. The second kappa shape index (κ2) is 10.5. The summed E-state index contributed by atoms with van der Waals surface area (Å²) < 4.78 is 5.30. The van der Waals surface area contributed by atoms with Crippen molar-refractivity contribution in [3.8, 4) is 0 Å². The molecule has 2 amide bonds. The minimum Gasteiger partial charge on any atom is -0.325 e. The number of anilines is 2. The van der Waals surface area contributed by atoms with Gasteiger partial charge in [-0.2, -0.15) is 4.37 Å². The van der Waals surface area contributed by atoms with Gasteiger partial charge in [0.2, 0.25) is 11.8 Å². The summed E-state index contributed by atoms with van der Waals surface area (Å²) in [7, 11) is 0. The number of amides is 2. The Morgan fingerprint density at radius 1 is 0.828 bits per heavy atom. The molecule has 0 bridgehead atoms. The quantitative estimate of drug-likeness (QED) is 0.467. The van der Waals surface area contributed by atoms with Crippen molar-refractivity contribution in [2.75, 3.05) is 22.1 Å². The molecule has 0 aliphatic carbocycles. The predicted octanol–water partition coefficient (Wildman–Crippen LogP) is 5.22. The summed E-state index contributed by atoms with van der Waals surface area (Å²) in [6.45, 7) is 4.01. The van der Waals surface area contributed by atoms with Crippen molar-refractivity contribution >= 4 is 58.2 Å². The molecule has 3 aromatic rings. The van der Waals surface area contributed by atoms with Gasteiger partial charge in [0, 0.05) is 11.4 Å². The van der Waals surface area contributed by atoms with Crippen LogP contribution in [0.2, 0.25) is 0 Å². The molecule has 0 spiro atoms. The van der Waals surface area contributed by atoms with Crippen LogP contribution < -0.4 is 10.6 Å². The molecule has 0 atom stereocenters. The van der Waals surface area contributed by atoms with E-state index >= 15 is 0 Å². The smallest absolute Gasteiger partial charge is 0.234 e. The first-order chi connectivity index (χ1) is 14.0. The summed E-state index contributed by atoms with van der Waals surface area (Å²) >= 11 is 4.16. The minimum atomic E-state index is -0.0708. The van der Waals surface area contributed by atoms with E-state index in [1.165, 1.54) is 35.1 Å². The number of thioether (sulfide) groups is 2. The zero-order valence-electron chi connectivity index (χ0n) is 16.1. The largest absolute Gasteiger partial charge is 0.325 e. The maximum absolute atomic E-state index is 12.1. The molecule has 0 aliphatic heterocycles. The summed E-state index contributed by atoms with van der Waals surface area (Å²) in [5.74, 6) is 0.474. The molecule has 1 aromatic heterocycles. The number of benzene rings is 2. The van der Waals surface area contributed by atoms with Crippen LogP contribution in [0, 0.1) is 13.8 Å². The number of carbonyl (C=O) groups is 2. The van der Waals surface area contributed by atoms with Crippen molar-refractivity contribution in [3.05, 3.63) is 65.7 Å². The maximum Gasteiger partial charge on any atom is 0.234 e. The normalized spacial score (nSPS) is 10.6. The number of rotatable bonds is 8. The molecular formula is C21H21N3O2S3. The lowest BCUT2D eigenvalue weighted by molar-refractivity contribution is -0.114. The Morgan fingerprint density at radius 2 is 1.31 bits per heavy atom. The first-order valence-corrected chi connectivity index (χ1v) is 11.7. The molecule has 1 heterocycles. The number of hydrogen-bond donors (Lipinski definition) is 2. The fraction of sp³-hybridized carbons (Fsp3) is 0.190. The van der Waals surface area contributed by atoms with Gasteiger partial charge in [-0.05, 0) is 55.7 Å². The van der Waals surface area contributed by atoms with E-state index in [1.54, 1.807) is 0 Å². The van der Waals surface area contributed by atoms with Gasteiger partial charge in [0.15, 0.2) is 0 Å². The van der Waals surface area contributed by atoms with Crippen LogP contribution in [-0.4, -0.2) is 27.7 Å². The third-order valence-electron chi connectivity index (χ3n) is 3.83. The van der Waals surface area contributed by atoms with Gasteiger partial charge in [0.25, 0.3) is 0 Å². The number of carbonyl (C=O) groups excluding carboxylic acids is 2. The van der Waals surface area contributed by atoms with Gasteiger partial charge in [-0.1, -0.05) is 47.2 Å². The molecule has 29 heavy (non-hydrogen) atoms. The van der Waals surface area contributed by atoms with Crippen molar-refractivity contribution in [2.24, 2.45) is 0 Å². The lowest BCUT2D eigenvalue weighted by Crippen LogP contribution is -2.13. The Hall–Kier alpha value is -2.29. The van der Waals surface area contributed by atoms with E-state index in [2.05, 4.69) is 15.0 Å². The van der Waals surface area contributed by atoms with Crippen molar-refractivity contribution < 1.29 is 9.59 Å². The molecular weight excluding hydrogens is 422 g/mol. The Balaban J connectivity index is 1.40. The highest BCUT2D eigenvalue weighted by Crippen LogP contribution is 2.28. The summed E-state index contributed by atoms with van der Waals surface area (Å²) in [5.41, 5.74) is 3.88. The maximum atomic E-state index is 12.1. The van der Waals surface area contributed by atoms with E-state index in [0.29, 0.717) is 5.75 Å². The average molecular weight is 444 g/mol. The SMILES string of the molecule is Cc1ccc(NC(=O)CSc2cc(SCC(=O)Nc3ccc(C)cc3)sn2)cc1. The summed E-state index contributed by atoms with van der Waals surface area (Å²) in [5, 5.41) is 6.54. The zero-order valence-corrected chi connectivity index (χ0v) is 18.5. The summed E-state index contributed by atoms with van der Waals surface area (Å²) in [4.78, 5) is 24.2. The van der Waals surface area contributed by atoms with Crippen LogP contribution in [0.3, 0.4) is 0 Å². The minimum absolute atomic E-state index is 0.0565. The molecule has 0 radical (unpaired) electrons. The number of nitrogens with zero attached hydrogens (tertiary/aromatic N) is 1. The van der Waals surface area contributed by atoms with Crippen molar-refractivity contribution in [1.29, 1.82) is 0 Å². The Labute approximate surface area is 182 Å². The van der Waals surface area contributed by atoms with Crippen LogP contribution in [-0.2, 0) is 9.59 Å². The van der Waals surface area contributed by atoms with Gasteiger partial charge in [-0.3, -0.25) is 9.59 Å². The van der Waals surface area contributed by atoms with Crippen molar-refractivity contribution in [1.82, 2.24) is 4.37 Å². The topological polar surface area (TPSA) is 71.1 Å². The van der Waals surface area contributed by atoms with Crippen LogP contribution in [0.15, 0.2) is 63.8 Å².